The third-order valence-electron chi connectivity index (χ3n) is 2.06. The second-order valence-electron chi connectivity index (χ2n) is 3.27. The standard InChI is InChI=1S/C11H15N3O2/c12-14-13-7-1-9-16-11-4-2-10(3-5-11)6-8-15/h2-5,15H,1,6-9H2. The highest BCUT2D eigenvalue weighted by Crippen LogP contribution is 2.12. The van der Waals surface area contributed by atoms with E-state index in [2.05, 4.69) is 10.0 Å². The van der Waals surface area contributed by atoms with Crippen LogP contribution in [-0.4, -0.2) is 24.9 Å². The van der Waals surface area contributed by atoms with E-state index in [1.807, 2.05) is 24.3 Å². The van der Waals surface area contributed by atoms with E-state index in [-0.39, 0.29) is 6.61 Å². The van der Waals surface area contributed by atoms with Crippen molar-refractivity contribution in [3.05, 3.63) is 40.3 Å². The van der Waals surface area contributed by atoms with E-state index in [4.69, 9.17) is 15.4 Å². The van der Waals surface area contributed by atoms with Crippen LogP contribution in [0.15, 0.2) is 29.4 Å². The Hall–Kier alpha value is -1.71. The molecule has 0 spiro atoms. The summed E-state index contributed by atoms with van der Waals surface area (Å²) in [7, 11) is 0. The summed E-state index contributed by atoms with van der Waals surface area (Å²) < 4.78 is 5.44. The third-order valence-corrected chi connectivity index (χ3v) is 2.06. The van der Waals surface area contributed by atoms with Gasteiger partial charge in [-0.1, -0.05) is 17.2 Å². The molecule has 5 nitrogen and oxygen atoms in total. The van der Waals surface area contributed by atoms with Crippen LogP contribution >= 0.6 is 0 Å². The van der Waals surface area contributed by atoms with Gasteiger partial charge in [0, 0.05) is 18.1 Å². The molecule has 0 fully saturated rings. The Kier molecular flexibility index (Phi) is 5.84. The van der Waals surface area contributed by atoms with Crippen molar-refractivity contribution in [1.82, 2.24) is 0 Å². The summed E-state index contributed by atoms with van der Waals surface area (Å²) >= 11 is 0. The molecule has 0 radical (unpaired) electrons. The maximum Gasteiger partial charge on any atom is 0.119 e. The highest BCUT2D eigenvalue weighted by Gasteiger charge is 1.95. The summed E-state index contributed by atoms with van der Waals surface area (Å²) in [6, 6.07) is 7.61. The summed E-state index contributed by atoms with van der Waals surface area (Å²) in [5.74, 6) is 0.794. The molecule has 0 bridgehead atoms. The minimum absolute atomic E-state index is 0.159. The molecule has 86 valence electrons. The number of hydrogen-bond acceptors (Lipinski definition) is 3. The fraction of sp³-hybridized carbons (Fsp3) is 0.455. The van der Waals surface area contributed by atoms with Crippen molar-refractivity contribution < 1.29 is 9.84 Å². The van der Waals surface area contributed by atoms with E-state index in [1.165, 1.54) is 0 Å². The minimum atomic E-state index is 0.159. The van der Waals surface area contributed by atoms with Gasteiger partial charge in [-0.25, -0.2) is 0 Å². The van der Waals surface area contributed by atoms with Crippen molar-refractivity contribution in [2.75, 3.05) is 19.8 Å². The molecule has 16 heavy (non-hydrogen) atoms. The minimum Gasteiger partial charge on any atom is -0.494 e. The number of benzene rings is 1. The predicted molar refractivity (Wildman–Crippen MR) is 61.4 cm³/mol. The van der Waals surface area contributed by atoms with Gasteiger partial charge in [0.05, 0.1) is 6.61 Å². The Morgan fingerprint density at radius 1 is 1.31 bits per heavy atom. The number of rotatable bonds is 7. The van der Waals surface area contributed by atoms with E-state index in [0.717, 1.165) is 11.3 Å². The molecule has 0 unspecified atom stereocenters. The van der Waals surface area contributed by atoms with Crippen molar-refractivity contribution in [1.29, 1.82) is 0 Å². The van der Waals surface area contributed by atoms with Crippen LogP contribution in [0.4, 0.5) is 0 Å². The van der Waals surface area contributed by atoms with Crippen LogP contribution in [0.1, 0.15) is 12.0 Å². The largest absolute Gasteiger partial charge is 0.494 e. The molecule has 5 heteroatoms. The first-order valence-electron chi connectivity index (χ1n) is 5.20. The highest BCUT2D eigenvalue weighted by molar-refractivity contribution is 5.27. The Labute approximate surface area is 94.3 Å². The predicted octanol–water partition coefficient (Wildman–Crippen LogP) is 2.30. The van der Waals surface area contributed by atoms with Crippen molar-refractivity contribution in [2.24, 2.45) is 5.11 Å². The molecule has 1 N–H and O–H groups in total. The Balaban J connectivity index is 2.28. The molecule has 0 saturated heterocycles. The van der Waals surface area contributed by atoms with Crippen molar-refractivity contribution in [3.8, 4) is 5.75 Å². The lowest BCUT2D eigenvalue weighted by molar-refractivity contribution is 0.299. The lowest BCUT2D eigenvalue weighted by Crippen LogP contribution is -1.99. The lowest BCUT2D eigenvalue weighted by atomic mass is 10.1. The average Bonchev–Trinajstić information content (AvgIpc) is 2.31. The molecule has 0 aliphatic carbocycles. The summed E-state index contributed by atoms with van der Waals surface area (Å²) in [4.78, 5) is 2.66. The van der Waals surface area contributed by atoms with Gasteiger partial charge in [-0.15, -0.1) is 0 Å². The number of ether oxygens (including phenoxy) is 1. The molecule has 0 aromatic heterocycles. The number of aliphatic hydroxyl groups is 1. The van der Waals surface area contributed by atoms with Crippen molar-refractivity contribution in [2.45, 2.75) is 12.8 Å². The zero-order valence-corrected chi connectivity index (χ0v) is 9.04. The normalized spacial score (nSPS) is 9.56. The molecule has 0 saturated carbocycles. The number of hydrogen-bond donors (Lipinski definition) is 1. The lowest BCUT2D eigenvalue weighted by Gasteiger charge is -2.05. The molecule has 1 aromatic rings. The molecule has 0 atom stereocenters. The molecule has 0 aliphatic rings. The average molecular weight is 221 g/mol. The number of azide groups is 1. The van der Waals surface area contributed by atoms with Crippen LogP contribution in [0, 0.1) is 0 Å². The molecular formula is C11H15N3O2. The van der Waals surface area contributed by atoms with Crippen LogP contribution in [0.3, 0.4) is 0 Å². The molecular weight excluding hydrogens is 206 g/mol. The summed E-state index contributed by atoms with van der Waals surface area (Å²) in [5, 5.41) is 12.2. The van der Waals surface area contributed by atoms with Gasteiger partial charge >= 0.3 is 0 Å². The van der Waals surface area contributed by atoms with Gasteiger partial charge in [0.15, 0.2) is 0 Å². The van der Waals surface area contributed by atoms with Crippen molar-refractivity contribution in [3.63, 3.8) is 0 Å². The first kappa shape index (κ1) is 12.4. The molecule has 0 heterocycles. The van der Waals surface area contributed by atoms with Gasteiger partial charge in [-0.2, -0.15) is 0 Å². The first-order chi connectivity index (χ1) is 7.86. The Morgan fingerprint density at radius 2 is 2.06 bits per heavy atom. The molecule has 0 amide bonds. The van der Waals surface area contributed by atoms with Crippen LogP contribution in [-0.2, 0) is 6.42 Å². The fourth-order valence-electron chi connectivity index (χ4n) is 1.25. The summed E-state index contributed by atoms with van der Waals surface area (Å²) in [6.07, 6.45) is 1.37. The molecule has 0 aliphatic heterocycles. The molecule has 1 rings (SSSR count). The van der Waals surface area contributed by atoms with E-state index in [0.29, 0.717) is 26.0 Å². The fourth-order valence-corrected chi connectivity index (χ4v) is 1.25. The van der Waals surface area contributed by atoms with E-state index in [9.17, 15) is 0 Å². The summed E-state index contributed by atoms with van der Waals surface area (Å²) in [5.41, 5.74) is 9.15. The third kappa shape index (κ3) is 4.68. The maximum atomic E-state index is 8.74. The topological polar surface area (TPSA) is 78.2 Å². The first-order valence-corrected chi connectivity index (χ1v) is 5.20. The zero-order valence-electron chi connectivity index (χ0n) is 9.04. The smallest absolute Gasteiger partial charge is 0.119 e. The zero-order chi connectivity index (χ0) is 11.6. The van der Waals surface area contributed by atoms with Gasteiger partial charge in [-0.05, 0) is 36.1 Å². The van der Waals surface area contributed by atoms with Crippen LogP contribution in [0.25, 0.3) is 10.4 Å². The summed E-state index contributed by atoms with van der Waals surface area (Å²) in [6.45, 7) is 1.16. The van der Waals surface area contributed by atoms with Gasteiger partial charge < -0.3 is 9.84 Å². The van der Waals surface area contributed by atoms with E-state index < -0.39 is 0 Å². The Bertz CT molecular complexity index is 345. The second kappa shape index (κ2) is 7.56. The van der Waals surface area contributed by atoms with Crippen molar-refractivity contribution >= 4 is 0 Å². The van der Waals surface area contributed by atoms with Crippen LogP contribution in [0.5, 0.6) is 5.75 Å². The maximum absolute atomic E-state index is 8.74. The van der Waals surface area contributed by atoms with Gasteiger partial charge in [0.25, 0.3) is 0 Å². The van der Waals surface area contributed by atoms with Crippen LogP contribution in [0.2, 0.25) is 0 Å². The van der Waals surface area contributed by atoms with Gasteiger partial charge in [0.2, 0.25) is 0 Å². The number of nitrogens with zero attached hydrogens (tertiary/aromatic N) is 3. The van der Waals surface area contributed by atoms with Gasteiger partial charge in [-0.3, -0.25) is 0 Å². The SMILES string of the molecule is [N-]=[N+]=NCCCOc1ccc(CCO)cc1. The monoisotopic (exact) mass is 221 g/mol. The van der Waals surface area contributed by atoms with E-state index >= 15 is 0 Å². The second-order valence-corrected chi connectivity index (χ2v) is 3.27. The Morgan fingerprint density at radius 3 is 2.69 bits per heavy atom. The highest BCUT2D eigenvalue weighted by atomic mass is 16.5. The van der Waals surface area contributed by atoms with Gasteiger partial charge in [0.1, 0.15) is 5.75 Å². The number of aliphatic hydroxyl groups excluding tert-OH is 1. The molecule has 1 aromatic carbocycles. The van der Waals surface area contributed by atoms with Crippen LogP contribution < -0.4 is 4.74 Å². The van der Waals surface area contributed by atoms with E-state index in [1.54, 1.807) is 0 Å². The quantitative estimate of drug-likeness (QED) is 0.332.